The van der Waals surface area contributed by atoms with Gasteiger partial charge in [0.05, 0.1) is 6.61 Å². The number of rotatable bonds is 6. The van der Waals surface area contributed by atoms with Crippen LogP contribution in [0.15, 0.2) is 12.1 Å². The molecule has 0 spiro atoms. The van der Waals surface area contributed by atoms with Gasteiger partial charge in [-0.2, -0.15) is 0 Å². The maximum absolute atomic E-state index is 6.11. The highest BCUT2D eigenvalue weighted by molar-refractivity contribution is 5.46. The second kappa shape index (κ2) is 7.12. The predicted octanol–water partition coefficient (Wildman–Crippen LogP) is 4.36. The third-order valence-electron chi connectivity index (χ3n) is 3.71. The number of nitrogens with two attached hydrogens (primary N) is 1. The molecular formula is C18H31NO. The topological polar surface area (TPSA) is 35.2 Å². The lowest BCUT2D eigenvalue weighted by molar-refractivity contribution is 0.308. The fraction of sp³-hybridized carbons (Fsp3) is 0.667. The quantitative estimate of drug-likeness (QED) is 0.838. The maximum Gasteiger partial charge on any atom is 0.123 e. The Bertz CT molecular complexity index is 432. The lowest BCUT2D eigenvalue weighted by atomic mass is 9.83. The summed E-state index contributed by atoms with van der Waals surface area (Å²) in [6.07, 6.45) is 2.96. The number of hydrogen-bond donors (Lipinski definition) is 1. The first-order chi connectivity index (χ1) is 9.29. The highest BCUT2D eigenvalue weighted by Gasteiger charge is 2.21. The van der Waals surface area contributed by atoms with Gasteiger partial charge in [-0.3, -0.25) is 0 Å². The molecule has 2 N–H and O–H groups in total. The zero-order valence-electron chi connectivity index (χ0n) is 14.0. The van der Waals surface area contributed by atoms with Gasteiger partial charge in [0.2, 0.25) is 0 Å². The third kappa shape index (κ3) is 4.52. The summed E-state index contributed by atoms with van der Waals surface area (Å²) in [5, 5.41) is 0. The highest BCUT2D eigenvalue weighted by atomic mass is 16.5. The van der Waals surface area contributed by atoms with E-state index in [9.17, 15) is 0 Å². The van der Waals surface area contributed by atoms with Crippen LogP contribution in [0.2, 0.25) is 0 Å². The number of ether oxygens (including phenoxy) is 1. The van der Waals surface area contributed by atoms with Crippen molar-refractivity contribution in [1.82, 2.24) is 0 Å². The molecule has 2 heteroatoms. The number of hydrogen-bond acceptors (Lipinski definition) is 2. The van der Waals surface area contributed by atoms with Gasteiger partial charge < -0.3 is 10.5 Å². The molecule has 0 aromatic heterocycles. The van der Waals surface area contributed by atoms with E-state index in [1.54, 1.807) is 0 Å². The minimum atomic E-state index is 0.0965. The molecule has 1 unspecified atom stereocenters. The zero-order valence-corrected chi connectivity index (χ0v) is 14.0. The van der Waals surface area contributed by atoms with Crippen molar-refractivity contribution in [2.45, 2.75) is 72.3 Å². The first kappa shape index (κ1) is 17.0. The summed E-state index contributed by atoms with van der Waals surface area (Å²) in [5.74, 6) is 1.03. The molecule has 114 valence electrons. The van der Waals surface area contributed by atoms with Crippen LogP contribution >= 0.6 is 0 Å². The first-order valence-corrected chi connectivity index (χ1v) is 7.82. The van der Waals surface area contributed by atoms with Gasteiger partial charge in [-0.05, 0) is 54.4 Å². The Labute approximate surface area is 124 Å². The molecule has 0 aliphatic heterocycles. The van der Waals surface area contributed by atoms with Crippen LogP contribution in [-0.4, -0.2) is 12.6 Å². The average Bonchev–Trinajstić information content (AvgIpc) is 2.37. The van der Waals surface area contributed by atoms with E-state index in [4.69, 9.17) is 10.5 Å². The molecular weight excluding hydrogens is 246 g/mol. The monoisotopic (exact) mass is 277 g/mol. The van der Waals surface area contributed by atoms with E-state index in [0.29, 0.717) is 0 Å². The standard InChI is InChI=1S/C18H31NO/c1-7-9-20-17-12-14(11-15(19)8-2)13(3)10-16(17)18(4,5)6/h10,12,15H,7-9,11,19H2,1-6H3. The average molecular weight is 277 g/mol. The van der Waals surface area contributed by atoms with Crippen LogP contribution in [0, 0.1) is 6.92 Å². The molecule has 1 rings (SSSR count). The van der Waals surface area contributed by atoms with Crippen molar-refractivity contribution in [2.24, 2.45) is 5.73 Å². The molecule has 0 saturated carbocycles. The van der Waals surface area contributed by atoms with Crippen LogP contribution in [-0.2, 0) is 11.8 Å². The predicted molar refractivity (Wildman–Crippen MR) is 87.6 cm³/mol. The van der Waals surface area contributed by atoms with Crippen LogP contribution in [0.1, 0.15) is 64.2 Å². The van der Waals surface area contributed by atoms with E-state index in [1.165, 1.54) is 16.7 Å². The van der Waals surface area contributed by atoms with Crippen molar-refractivity contribution in [1.29, 1.82) is 0 Å². The van der Waals surface area contributed by atoms with E-state index < -0.39 is 0 Å². The van der Waals surface area contributed by atoms with Crippen LogP contribution < -0.4 is 10.5 Å². The molecule has 0 saturated heterocycles. The normalized spacial score (nSPS) is 13.3. The van der Waals surface area contributed by atoms with Crippen molar-refractivity contribution in [3.63, 3.8) is 0 Å². The summed E-state index contributed by atoms with van der Waals surface area (Å²) < 4.78 is 5.98. The van der Waals surface area contributed by atoms with Crippen molar-refractivity contribution >= 4 is 0 Å². The van der Waals surface area contributed by atoms with Gasteiger partial charge in [-0.1, -0.05) is 40.7 Å². The Hall–Kier alpha value is -1.02. The van der Waals surface area contributed by atoms with Crippen molar-refractivity contribution in [3.05, 3.63) is 28.8 Å². The first-order valence-electron chi connectivity index (χ1n) is 7.82. The summed E-state index contributed by atoms with van der Waals surface area (Å²) in [7, 11) is 0. The van der Waals surface area contributed by atoms with E-state index in [0.717, 1.165) is 31.6 Å². The summed E-state index contributed by atoms with van der Waals surface area (Å²) in [6.45, 7) is 13.9. The Morgan fingerprint density at radius 2 is 1.85 bits per heavy atom. The van der Waals surface area contributed by atoms with E-state index in [1.807, 2.05) is 0 Å². The van der Waals surface area contributed by atoms with Gasteiger partial charge in [0.15, 0.2) is 0 Å². The zero-order chi connectivity index (χ0) is 15.3. The summed E-state index contributed by atoms with van der Waals surface area (Å²) in [4.78, 5) is 0. The fourth-order valence-corrected chi connectivity index (χ4v) is 2.29. The molecule has 0 aliphatic rings. The molecule has 2 nitrogen and oxygen atoms in total. The van der Waals surface area contributed by atoms with Crippen LogP contribution in [0.4, 0.5) is 0 Å². The highest BCUT2D eigenvalue weighted by Crippen LogP contribution is 2.34. The molecule has 0 heterocycles. The minimum Gasteiger partial charge on any atom is -0.493 e. The SMILES string of the molecule is CCCOc1cc(CC(N)CC)c(C)cc1C(C)(C)C. The molecule has 1 atom stereocenters. The van der Waals surface area contributed by atoms with E-state index in [-0.39, 0.29) is 11.5 Å². The molecule has 0 amide bonds. The molecule has 0 aliphatic carbocycles. The second-order valence-corrected chi connectivity index (χ2v) is 6.75. The molecule has 0 fully saturated rings. The smallest absolute Gasteiger partial charge is 0.123 e. The van der Waals surface area contributed by atoms with Crippen LogP contribution in [0.3, 0.4) is 0 Å². The van der Waals surface area contributed by atoms with Gasteiger partial charge in [0, 0.05) is 6.04 Å². The Balaban J connectivity index is 3.17. The molecule has 0 bridgehead atoms. The summed E-state index contributed by atoms with van der Waals surface area (Å²) >= 11 is 0. The number of aryl methyl sites for hydroxylation is 1. The number of benzene rings is 1. The van der Waals surface area contributed by atoms with Crippen LogP contribution in [0.25, 0.3) is 0 Å². The largest absolute Gasteiger partial charge is 0.493 e. The maximum atomic E-state index is 6.11. The Kier molecular flexibility index (Phi) is 6.07. The molecule has 0 radical (unpaired) electrons. The fourth-order valence-electron chi connectivity index (χ4n) is 2.29. The van der Waals surface area contributed by atoms with Crippen molar-refractivity contribution in [3.8, 4) is 5.75 Å². The summed E-state index contributed by atoms with van der Waals surface area (Å²) in [5.41, 5.74) is 10.1. The molecule has 20 heavy (non-hydrogen) atoms. The lowest BCUT2D eigenvalue weighted by Crippen LogP contribution is -2.22. The molecule has 1 aromatic rings. The summed E-state index contributed by atoms with van der Waals surface area (Å²) in [6, 6.07) is 4.72. The van der Waals surface area contributed by atoms with E-state index in [2.05, 4.69) is 53.7 Å². The van der Waals surface area contributed by atoms with Gasteiger partial charge in [0.1, 0.15) is 5.75 Å². The van der Waals surface area contributed by atoms with Gasteiger partial charge in [-0.25, -0.2) is 0 Å². The Morgan fingerprint density at radius 1 is 1.20 bits per heavy atom. The molecule has 1 aromatic carbocycles. The van der Waals surface area contributed by atoms with Gasteiger partial charge in [-0.15, -0.1) is 0 Å². The van der Waals surface area contributed by atoms with Gasteiger partial charge in [0.25, 0.3) is 0 Å². The van der Waals surface area contributed by atoms with Crippen molar-refractivity contribution < 1.29 is 4.74 Å². The third-order valence-corrected chi connectivity index (χ3v) is 3.71. The van der Waals surface area contributed by atoms with E-state index >= 15 is 0 Å². The van der Waals surface area contributed by atoms with Crippen LogP contribution in [0.5, 0.6) is 5.75 Å². The van der Waals surface area contributed by atoms with Crippen molar-refractivity contribution in [2.75, 3.05) is 6.61 Å². The Morgan fingerprint density at radius 3 is 2.35 bits per heavy atom. The van der Waals surface area contributed by atoms with Gasteiger partial charge >= 0.3 is 0 Å². The minimum absolute atomic E-state index is 0.0965. The second-order valence-electron chi connectivity index (χ2n) is 6.75. The lowest BCUT2D eigenvalue weighted by Gasteiger charge is -2.25.